The number of aromatic amines is 1. The van der Waals surface area contributed by atoms with Crippen LogP contribution in [0.3, 0.4) is 0 Å². The molecule has 1 unspecified atom stereocenters. The summed E-state index contributed by atoms with van der Waals surface area (Å²) >= 11 is 0. The van der Waals surface area contributed by atoms with Gasteiger partial charge in [0.1, 0.15) is 0 Å². The summed E-state index contributed by atoms with van der Waals surface area (Å²) < 4.78 is 5.28. The molecule has 3 nitrogen and oxygen atoms in total. The number of ether oxygens (including phenoxy) is 1. The molecule has 1 atom stereocenters. The smallest absolute Gasteiger partial charge is 0.0543 e. The average Bonchev–Trinajstić information content (AvgIpc) is 2.72. The van der Waals surface area contributed by atoms with Crippen LogP contribution in [0.5, 0.6) is 0 Å². The highest BCUT2D eigenvalue weighted by Crippen LogP contribution is 2.25. The second kappa shape index (κ2) is 5.14. The molecule has 0 radical (unpaired) electrons. The van der Waals surface area contributed by atoms with Gasteiger partial charge in [0.05, 0.1) is 6.61 Å². The Kier molecular flexibility index (Phi) is 3.59. The fraction of sp³-hybridized carbons (Fsp3) is 0.385. The van der Waals surface area contributed by atoms with E-state index in [0.717, 1.165) is 13.2 Å². The van der Waals surface area contributed by atoms with Gasteiger partial charge in [-0.1, -0.05) is 18.2 Å². The van der Waals surface area contributed by atoms with Crippen LogP contribution in [0.2, 0.25) is 0 Å². The zero-order valence-electron chi connectivity index (χ0n) is 9.79. The van der Waals surface area contributed by atoms with E-state index in [4.69, 9.17) is 4.74 Å². The van der Waals surface area contributed by atoms with E-state index < -0.39 is 0 Å². The Bertz CT molecular complexity index is 444. The fourth-order valence-corrected chi connectivity index (χ4v) is 2.14. The van der Waals surface area contributed by atoms with Gasteiger partial charge in [0.25, 0.3) is 0 Å². The van der Waals surface area contributed by atoms with Gasteiger partial charge >= 0.3 is 0 Å². The molecule has 2 aromatic rings. The third kappa shape index (κ3) is 2.10. The van der Waals surface area contributed by atoms with Crippen molar-refractivity contribution in [2.24, 2.45) is 0 Å². The van der Waals surface area contributed by atoms with Crippen LogP contribution in [0.1, 0.15) is 11.5 Å². The molecule has 0 aliphatic carbocycles. The number of methoxy groups -OCH3 is 1. The van der Waals surface area contributed by atoms with E-state index in [2.05, 4.69) is 34.7 Å². The number of nitrogens with one attached hydrogen (secondary N) is 2. The molecule has 3 heteroatoms. The Labute approximate surface area is 95.8 Å². The maximum atomic E-state index is 5.28. The summed E-state index contributed by atoms with van der Waals surface area (Å²) in [6.45, 7) is 1.67. The van der Waals surface area contributed by atoms with Crippen LogP contribution >= 0.6 is 0 Å². The lowest BCUT2D eigenvalue weighted by Gasteiger charge is -2.14. The normalized spacial score (nSPS) is 13.1. The van der Waals surface area contributed by atoms with Crippen molar-refractivity contribution in [2.45, 2.75) is 5.92 Å². The highest BCUT2D eigenvalue weighted by atomic mass is 16.5. The molecular formula is C13H18N2O. The number of H-pyrrole nitrogens is 1. The number of hydrogen-bond donors (Lipinski definition) is 2. The first-order valence-electron chi connectivity index (χ1n) is 5.56. The van der Waals surface area contributed by atoms with Crippen molar-refractivity contribution >= 4 is 10.9 Å². The predicted octanol–water partition coefficient (Wildman–Crippen LogP) is 2.12. The Morgan fingerprint density at radius 1 is 1.38 bits per heavy atom. The van der Waals surface area contributed by atoms with Crippen LogP contribution < -0.4 is 5.32 Å². The van der Waals surface area contributed by atoms with Gasteiger partial charge in [0.15, 0.2) is 0 Å². The first-order valence-corrected chi connectivity index (χ1v) is 5.56. The summed E-state index contributed by atoms with van der Waals surface area (Å²) in [6, 6.07) is 8.37. The first-order chi connectivity index (χ1) is 7.86. The van der Waals surface area contributed by atoms with Crippen LogP contribution in [0.25, 0.3) is 10.9 Å². The molecule has 2 rings (SSSR count). The van der Waals surface area contributed by atoms with Gasteiger partial charge in [-0.15, -0.1) is 0 Å². The molecule has 1 aromatic heterocycles. The number of likely N-dealkylation sites (N-methyl/N-ethyl adjacent to an activating group) is 1. The van der Waals surface area contributed by atoms with E-state index in [1.165, 1.54) is 16.5 Å². The van der Waals surface area contributed by atoms with Crippen molar-refractivity contribution in [1.29, 1.82) is 0 Å². The van der Waals surface area contributed by atoms with Crippen molar-refractivity contribution in [1.82, 2.24) is 10.3 Å². The van der Waals surface area contributed by atoms with Crippen molar-refractivity contribution in [3.8, 4) is 0 Å². The summed E-state index contributed by atoms with van der Waals surface area (Å²) in [4.78, 5) is 3.30. The van der Waals surface area contributed by atoms with Crippen LogP contribution in [0, 0.1) is 0 Å². The summed E-state index contributed by atoms with van der Waals surface area (Å²) in [7, 11) is 3.72. The molecule has 1 aromatic carbocycles. The zero-order valence-corrected chi connectivity index (χ0v) is 9.79. The monoisotopic (exact) mass is 218 g/mol. The highest BCUT2D eigenvalue weighted by Gasteiger charge is 2.14. The molecule has 16 heavy (non-hydrogen) atoms. The van der Waals surface area contributed by atoms with Crippen LogP contribution in [-0.2, 0) is 4.74 Å². The summed E-state index contributed by atoms with van der Waals surface area (Å²) in [5.74, 6) is 0.395. The molecule has 1 heterocycles. The largest absolute Gasteiger partial charge is 0.384 e. The third-order valence-corrected chi connectivity index (χ3v) is 2.88. The number of benzene rings is 1. The highest BCUT2D eigenvalue weighted by molar-refractivity contribution is 5.83. The van der Waals surface area contributed by atoms with E-state index in [-0.39, 0.29) is 0 Å². The molecule has 0 saturated heterocycles. The topological polar surface area (TPSA) is 37.0 Å². The van der Waals surface area contributed by atoms with E-state index in [0.29, 0.717) is 5.92 Å². The maximum absolute atomic E-state index is 5.28. The SMILES string of the molecule is CNCC(COC)c1c[nH]c2ccccc12. The number of fused-ring (bicyclic) bond motifs is 1. The molecule has 0 aliphatic rings. The molecule has 86 valence electrons. The van der Waals surface area contributed by atoms with Crippen LogP contribution in [0.4, 0.5) is 0 Å². The van der Waals surface area contributed by atoms with E-state index in [1.54, 1.807) is 7.11 Å². The number of hydrogen-bond acceptors (Lipinski definition) is 2. The number of rotatable bonds is 5. The molecule has 0 amide bonds. The quantitative estimate of drug-likeness (QED) is 0.806. The molecule has 0 spiro atoms. The summed E-state index contributed by atoms with van der Waals surface area (Å²) in [5.41, 5.74) is 2.52. The minimum absolute atomic E-state index is 0.395. The average molecular weight is 218 g/mol. The fourth-order valence-electron chi connectivity index (χ4n) is 2.14. The minimum atomic E-state index is 0.395. The summed E-state index contributed by atoms with van der Waals surface area (Å²) in [6.07, 6.45) is 2.09. The maximum Gasteiger partial charge on any atom is 0.0543 e. The molecule has 0 bridgehead atoms. The zero-order chi connectivity index (χ0) is 11.4. The third-order valence-electron chi connectivity index (χ3n) is 2.88. The molecule has 0 aliphatic heterocycles. The first kappa shape index (κ1) is 11.2. The lowest BCUT2D eigenvalue weighted by Crippen LogP contribution is -2.20. The van der Waals surface area contributed by atoms with Crippen molar-refractivity contribution in [3.05, 3.63) is 36.0 Å². The van der Waals surface area contributed by atoms with Gasteiger partial charge in [-0.05, 0) is 18.7 Å². The van der Waals surface area contributed by atoms with Crippen molar-refractivity contribution in [2.75, 3.05) is 27.3 Å². The molecule has 2 N–H and O–H groups in total. The Morgan fingerprint density at radius 2 is 2.19 bits per heavy atom. The minimum Gasteiger partial charge on any atom is -0.384 e. The van der Waals surface area contributed by atoms with Crippen LogP contribution in [0.15, 0.2) is 30.5 Å². The molecule has 0 saturated carbocycles. The van der Waals surface area contributed by atoms with Gasteiger partial charge in [0, 0.05) is 36.7 Å². The van der Waals surface area contributed by atoms with E-state index in [9.17, 15) is 0 Å². The van der Waals surface area contributed by atoms with Gasteiger partial charge in [0.2, 0.25) is 0 Å². The van der Waals surface area contributed by atoms with E-state index >= 15 is 0 Å². The second-order valence-corrected chi connectivity index (χ2v) is 4.00. The van der Waals surface area contributed by atoms with Gasteiger partial charge in [-0.25, -0.2) is 0 Å². The second-order valence-electron chi connectivity index (χ2n) is 4.00. The Balaban J connectivity index is 2.36. The lowest BCUT2D eigenvalue weighted by molar-refractivity contribution is 0.179. The predicted molar refractivity (Wildman–Crippen MR) is 66.8 cm³/mol. The van der Waals surface area contributed by atoms with Crippen molar-refractivity contribution < 1.29 is 4.74 Å². The summed E-state index contributed by atoms with van der Waals surface area (Å²) in [5, 5.41) is 4.50. The van der Waals surface area contributed by atoms with Gasteiger partial charge in [-0.2, -0.15) is 0 Å². The molecule has 0 fully saturated rings. The Morgan fingerprint density at radius 3 is 2.94 bits per heavy atom. The lowest BCUT2D eigenvalue weighted by atomic mass is 9.99. The number of aromatic nitrogens is 1. The molecular weight excluding hydrogens is 200 g/mol. The van der Waals surface area contributed by atoms with E-state index in [1.807, 2.05) is 13.1 Å². The Hall–Kier alpha value is -1.32. The van der Waals surface area contributed by atoms with Crippen LogP contribution in [-0.4, -0.2) is 32.3 Å². The standard InChI is InChI=1S/C13H18N2O/c1-14-7-10(9-16-2)12-8-15-13-6-4-3-5-11(12)13/h3-6,8,10,14-15H,7,9H2,1-2H3. The van der Waals surface area contributed by atoms with Crippen molar-refractivity contribution in [3.63, 3.8) is 0 Å². The van der Waals surface area contributed by atoms with Gasteiger partial charge in [-0.3, -0.25) is 0 Å². The van der Waals surface area contributed by atoms with Gasteiger partial charge < -0.3 is 15.0 Å². The number of para-hydroxylation sites is 1.